The van der Waals surface area contributed by atoms with Gasteiger partial charge in [0.25, 0.3) is 0 Å². The number of carbonyl (C=O) groups excluding carboxylic acids is 2. The second-order valence-corrected chi connectivity index (χ2v) is 7.56. The predicted octanol–water partition coefficient (Wildman–Crippen LogP) is 4.30. The number of benzene rings is 2. The number of nitrogens with zero attached hydrogens (tertiary/aromatic N) is 1. The van der Waals surface area contributed by atoms with Crippen molar-refractivity contribution in [3.8, 4) is 0 Å². The van der Waals surface area contributed by atoms with E-state index in [9.17, 15) is 9.59 Å². The molecule has 0 aliphatic heterocycles. The van der Waals surface area contributed by atoms with Gasteiger partial charge in [0.15, 0.2) is 0 Å². The predicted molar refractivity (Wildman–Crippen MR) is 119 cm³/mol. The van der Waals surface area contributed by atoms with E-state index in [1.165, 1.54) is 5.56 Å². The lowest BCUT2D eigenvalue weighted by molar-refractivity contribution is -0.140. The molecule has 0 aliphatic rings. The van der Waals surface area contributed by atoms with E-state index >= 15 is 0 Å². The molecule has 1 atom stereocenters. The fourth-order valence-electron chi connectivity index (χ4n) is 3.50. The molecule has 0 aromatic heterocycles. The molecule has 2 aromatic rings. The average molecular weight is 395 g/mol. The fourth-order valence-corrected chi connectivity index (χ4v) is 3.50. The van der Waals surface area contributed by atoms with Gasteiger partial charge in [-0.3, -0.25) is 9.59 Å². The van der Waals surface area contributed by atoms with E-state index in [0.717, 1.165) is 30.4 Å². The smallest absolute Gasteiger partial charge is 0.242 e. The molecule has 0 aliphatic carbocycles. The van der Waals surface area contributed by atoms with Crippen molar-refractivity contribution in [2.75, 3.05) is 13.1 Å². The Bertz CT molecular complexity index is 773. The highest BCUT2D eigenvalue weighted by Crippen LogP contribution is 2.13. The van der Waals surface area contributed by atoms with Crippen LogP contribution in [0.2, 0.25) is 0 Å². The summed E-state index contributed by atoms with van der Waals surface area (Å²) in [5, 5.41) is 3.01. The van der Waals surface area contributed by atoms with E-state index in [2.05, 4.69) is 24.4 Å². The molecule has 0 heterocycles. The molecule has 4 nitrogen and oxygen atoms in total. The third kappa shape index (κ3) is 7.37. The molecule has 156 valence electrons. The van der Waals surface area contributed by atoms with Gasteiger partial charge in [0.1, 0.15) is 6.04 Å². The molecule has 4 heteroatoms. The first kappa shape index (κ1) is 22.7. The van der Waals surface area contributed by atoms with Crippen molar-refractivity contribution in [2.45, 2.75) is 58.9 Å². The van der Waals surface area contributed by atoms with Gasteiger partial charge in [0.05, 0.1) is 6.42 Å². The highest BCUT2D eigenvalue weighted by Gasteiger charge is 2.28. The number of hydrogen-bond donors (Lipinski definition) is 1. The first-order valence-corrected chi connectivity index (χ1v) is 10.7. The van der Waals surface area contributed by atoms with Crippen molar-refractivity contribution in [1.82, 2.24) is 10.2 Å². The summed E-state index contributed by atoms with van der Waals surface area (Å²) in [5.74, 6) is -0.0457. The molecular weight excluding hydrogens is 360 g/mol. The summed E-state index contributed by atoms with van der Waals surface area (Å²) in [6.45, 7) is 7.29. The molecule has 0 bridgehead atoms. The molecule has 0 unspecified atom stereocenters. The van der Waals surface area contributed by atoms with Gasteiger partial charge >= 0.3 is 0 Å². The number of rotatable bonds is 11. The maximum Gasteiger partial charge on any atom is 0.242 e. The van der Waals surface area contributed by atoms with Crippen LogP contribution in [0, 0.1) is 6.92 Å². The first-order chi connectivity index (χ1) is 14.0. The highest BCUT2D eigenvalue weighted by molar-refractivity contribution is 5.88. The zero-order valence-corrected chi connectivity index (χ0v) is 18.0. The third-order valence-corrected chi connectivity index (χ3v) is 5.14. The molecule has 1 N–H and O–H groups in total. The van der Waals surface area contributed by atoms with Crippen LogP contribution in [0.4, 0.5) is 0 Å². The first-order valence-electron chi connectivity index (χ1n) is 10.7. The van der Waals surface area contributed by atoms with Crippen LogP contribution in [0.1, 0.15) is 49.8 Å². The largest absolute Gasteiger partial charge is 0.354 e. The van der Waals surface area contributed by atoms with Gasteiger partial charge in [-0.1, -0.05) is 80.4 Å². The summed E-state index contributed by atoms with van der Waals surface area (Å²) in [5.41, 5.74) is 3.29. The Morgan fingerprint density at radius 3 is 2.38 bits per heavy atom. The van der Waals surface area contributed by atoms with Crippen LogP contribution in [-0.4, -0.2) is 35.8 Å². The van der Waals surface area contributed by atoms with E-state index in [4.69, 9.17) is 0 Å². The Balaban J connectivity index is 2.15. The minimum Gasteiger partial charge on any atom is -0.354 e. The fraction of sp³-hybridized carbons (Fsp3) is 0.440. The van der Waals surface area contributed by atoms with Crippen molar-refractivity contribution in [3.05, 3.63) is 71.3 Å². The van der Waals surface area contributed by atoms with Crippen molar-refractivity contribution in [3.63, 3.8) is 0 Å². The minimum atomic E-state index is -0.437. The van der Waals surface area contributed by atoms with Gasteiger partial charge in [0.2, 0.25) is 11.8 Å². The Hall–Kier alpha value is -2.62. The summed E-state index contributed by atoms with van der Waals surface area (Å²) < 4.78 is 0. The number of carbonyl (C=O) groups is 2. The van der Waals surface area contributed by atoms with Crippen LogP contribution < -0.4 is 5.32 Å². The Labute approximate surface area is 175 Å². The molecular formula is C25H34N2O2. The number of aryl methyl sites for hydroxylation is 1. The van der Waals surface area contributed by atoms with Crippen LogP contribution >= 0.6 is 0 Å². The van der Waals surface area contributed by atoms with Gasteiger partial charge in [0, 0.05) is 13.1 Å². The molecule has 0 saturated carbocycles. The maximum atomic E-state index is 13.2. The highest BCUT2D eigenvalue weighted by atomic mass is 16.2. The van der Waals surface area contributed by atoms with Crippen LogP contribution in [0.3, 0.4) is 0 Å². The maximum absolute atomic E-state index is 13.2. The molecule has 29 heavy (non-hydrogen) atoms. The topological polar surface area (TPSA) is 49.4 Å². The second-order valence-electron chi connectivity index (χ2n) is 7.56. The monoisotopic (exact) mass is 394 g/mol. The van der Waals surface area contributed by atoms with E-state index in [1.807, 2.05) is 56.3 Å². The van der Waals surface area contributed by atoms with Gasteiger partial charge in [-0.25, -0.2) is 0 Å². The number of hydrogen-bond acceptors (Lipinski definition) is 2. The molecule has 0 radical (unpaired) electrons. The van der Waals surface area contributed by atoms with Crippen molar-refractivity contribution in [1.29, 1.82) is 0 Å². The van der Waals surface area contributed by atoms with Gasteiger partial charge in [-0.05, 0) is 37.3 Å². The number of unbranched alkanes of at least 4 members (excludes halogenated alkanes) is 1. The van der Waals surface area contributed by atoms with E-state index in [1.54, 1.807) is 4.90 Å². The summed E-state index contributed by atoms with van der Waals surface area (Å²) in [4.78, 5) is 27.8. The van der Waals surface area contributed by atoms with Crippen LogP contribution in [0.25, 0.3) is 0 Å². The molecule has 0 spiro atoms. The van der Waals surface area contributed by atoms with Crippen molar-refractivity contribution in [2.24, 2.45) is 0 Å². The van der Waals surface area contributed by atoms with Crippen molar-refractivity contribution >= 4 is 11.8 Å². The number of nitrogens with one attached hydrogen (secondary N) is 1. The lowest BCUT2D eigenvalue weighted by Crippen LogP contribution is -2.50. The van der Waals surface area contributed by atoms with E-state index < -0.39 is 6.04 Å². The minimum absolute atomic E-state index is 0.00372. The SMILES string of the molecule is CCCCNC(=O)[C@@H](CC)N(CCc1ccccc1)C(=O)Cc1cccc(C)c1. The van der Waals surface area contributed by atoms with Crippen LogP contribution in [0.15, 0.2) is 54.6 Å². The summed E-state index contributed by atoms with van der Waals surface area (Å²) in [7, 11) is 0. The zero-order chi connectivity index (χ0) is 21.1. The third-order valence-electron chi connectivity index (χ3n) is 5.14. The second kappa shape index (κ2) is 12.1. The standard InChI is InChI=1S/C25H34N2O2/c1-4-6-16-26-25(29)23(5-2)27(17-15-21-12-8-7-9-13-21)24(28)19-22-14-10-11-20(3)18-22/h7-14,18,23H,4-6,15-17,19H2,1-3H3,(H,26,29)/t23-/m1/s1. The van der Waals surface area contributed by atoms with Crippen LogP contribution in [0.5, 0.6) is 0 Å². The molecule has 0 fully saturated rings. The molecule has 2 amide bonds. The van der Waals surface area contributed by atoms with E-state index in [-0.39, 0.29) is 11.8 Å². The molecule has 0 saturated heterocycles. The number of amides is 2. The normalized spacial score (nSPS) is 11.7. The lowest BCUT2D eigenvalue weighted by atomic mass is 10.0. The van der Waals surface area contributed by atoms with Gasteiger partial charge < -0.3 is 10.2 Å². The lowest BCUT2D eigenvalue weighted by Gasteiger charge is -2.31. The average Bonchev–Trinajstić information content (AvgIpc) is 2.71. The van der Waals surface area contributed by atoms with Gasteiger partial charge in [-0.2, -0.15) is 0 Å². The summed E-state index contributed by atoms with van der Waals surface area (Å²) >= 11 is 0. The van der Waals surface area contributed by atoms with Gasteiger partial charge in [-0.15, -0.1) is 0 Å². The van der Waals surface area contributed by atoms with Crippen molar-refractivity contribution < 1.29 is 9.59 Å². The Morgan fingerprint density at radius 2 is 1.72 bits per heavy atom. The molecule has 2 rings (SSSR count). The summed E-state index contributed by atoms with van der Waals surface area (Å²) in [6, 6.07) is 17.7. The molecule has 2 aromatic carbocycles. The van der Waals surface area contributed by atoms with E-state index in [0.29, 0.717) is 25.9 Å². The zero-order valence-electron chi connectivity index (χ0n) is 18.0. The van der Waals surface area contributed by atoms with Crippen LogP contribution in [-0.2, 0) is 22.4 Å². The Kier molecular flexibility index (Phi) is 9.42. The quantitative estimate of drug-likeness (QED) is 0.578. The Morgan fingerprint density at radius 1 is 1.00 bits per heavy atom. The summed E-state index contributed by atoms with van der Waals surface area (Å²) in [6.07, 6.45) is 3.63.